The number of likely N-dealkylation sites (tertiary alicyclic amines) is 1. The van der Waals surface area contributed by atoms with Gasteiger partial charge in [0.15, 0.2) is 0 Å². The number of nitrogens with zero attached hydrogens (tertiary/aromatic N) is 3. The van der Waals surface area contributed by atoms with Crippen LogP contribution in [0.1, 0.15) is 44.0 Å². The first kappa shape index (κ1) is 16.2. The number of aliphatic hydroxyl groups is 1. The lowest BCUT2D eigenvalue weighted by molar-refractivity contribution is 0.124. The molecule has 0 aromatic carbocycles. The number of aliphatic hydroxyl groups excluding tert-OH is 1. The molecule has 0 saturated carbocycles. The average Bonchev–Trinajstić information content (AvgIpc) is 2.74. The van der Waals surface area contributed by atoms with Gasteiger partial charge in [0.25, 0.3) is 0 Å². The van der Waals surface area contributed by atoms with E-state index in [1.165, 1.54) is 25.7 Å². The van der Waals surface area contributed by atoms with Crippen LogP contribution in [0, 0.1) is 6.92 Å². The number of aryl methyl sites for hydroxylation is 2. The number of rotatable bonds is 6. The molecule has 1 aromatic rings. The van der Waals surface area contributed by atoms with Crippen LogP contribution in [0.3, 0.4) is 0 Å². The molecule has 0 radical (unpaired) electrons. The molecule has 2 rings (SSSR count). The standard InChI is InChI=1S/C16H28N4O/c1-3-14-10-17-13(2)19-16(14)18-11-15(21)12-20-8-6-4-5-7-9-20/h10,15,21H,3-9,11-12H2,1-2H3,(H,17,18,19)/t15-/m0/s1. The van der Waals surface area contributed by atoms with Crippen molar-refractivity contribution < 1.29 is 5.11 Å². The molecule has 0 amide bonds. The highest BCUT2D eigenvalue weighted by molar-refractivity contribution is 5.43. The maximum Gasteiger partial charge on any atom is 0.132 e. The van der Waals surface area contributed by atoms with Gasteiger partial charge in [0.2, 0.25) is 0 Å². The minimum Gasteiger partial charge on any atom is -0.390 e. The zero-order chi connectivity index (χ0) is 15.1. The summed E-state index contributed by atoms with van der Waals surface area (Å²) in [5.41, 5.74) is 1.10. The van der Waals surface area contributed by atoms with Crippen LogP contribution in [0.15, 0.2) is 6.20 Å². The lowest BCUT2D eigenvalue weighted by atomic mass is 10.2. The number of aromatic nitrogens is 2. The number of hydrogen-bond donors (Lipinski definition) is 2. The Morgan fingerprint density at radius 2 is 2.00 bits per heavy atom. The van der Waals surface area contributed by atoms with E-state index in [2.05, 4.69) is 27.1 Å². The highest BCUT2D eigenvalue weighted by atomic mass is 16.3. The summed E-state index contributed by atoms with van der Waals surface area (Å²) in [5.74, 6) is 1.62. The van der Waals surface area contributed by atoms with Crippen molar-refractivity contribution in [3.05, 3.63) is 17.6 Å². The third-order valence-corrected chi connectivity index (χ3v) is 4.04. The first-order chi connectivity index (χ1) is 10.2. The highest BCUT2D eigenvalue weighted by Gasteiger charge is 2.14. The largest absolute Gasteiger partial charge is 0.390 e. The van der Waals surface area contributed by atoms with Crippen molar-refractivity contribution in [1.29, 1.82) is 0 Å². The van der Waals surface area contributed by atoms with Crippen molar-refractivity contribution >= 4 is 5.82 Å². The zero-order valence-corrected chi connectivity index (χ0v) is 13.3. The summed E-state index contributed by atoms with van der Waals surface area (Å²) in [4.78, 5) is 11.0. The summed E-state index contributed by atoms with van der Waals surface area (Å²) in [5, 5.41) is 13.5. The maximum atomic E-state index is 10.2. The maximum absolute atomic E-state index is 10.2. The molecule has 0 spiro atoms. The van der Waals surface area contributed by atoms with Crippen LogP contribution in [-0.2, 0) is 6.42 Å². The second-order valence-corrected chi connectivity index (χ2v) is 5.89. The number of hydrogen-bond acceptors (Lipinski definition) is 5. The molecular formula is C16H28N4O. The molecule has 1 aliphatic rings. The molecule has 118 valence electrons. The fourth-order valence-electron chi connectivity index (χ4n) is 2.80. The van der Waals surface area contributed by atoms with Crippen LogP contribution in [0.5, 0.6) is 0 Å². The fraction of sp³-hybridized carbons (Fsp3) is 0.750. The molecule has 1 aromatic heterocycles. The monoisotopic (exact) mass is 292 g/mol. The van der Waals surface area contributed by atoms with Crippen LogP contribution in [0.4, 0.5) is 5.82 Å². The predicted molar refractivity (Wildman–Crippen MR) is 85.6 cm³/mol. The van der Waals surface area contributed by atoms with Gasteiger partial charge >= 0.3 is 0 Å². The third kappa shape index (κ3) is 5.25. The molecule has 1 fully saturated rings. The molecular weight excluding hydrogens is 264 g/mol. The third-order valence-electron chi connectivity index (χ3n) is 4.04. The van der Waals surface area contributed by atoms with Gasteiger partial charge in [-0.15, -0.1) is 0 Å². The second kappa shape index (κ2) is 8.29. The topological polar surface area (TPSA) is 61.3 Å². The van der Waals surface area contributed by atoms with Crippen LogP contribution in [0.25, 0.3) is 0 Å². The van der Waals surface area contributed by atoms with Gasteiger partial charge in [0.05, 0.1) is 6.10 Å². The number of β-amino-alcohol motifs (C(OH)–C–C–N with tert-alkyl or cyclic N) is 1. The van der Waals surface area contributed by atoms with Crippen LogP contribution in [0.2, 0.25) is 0 Å². The van der Waals surface area contributed by atoms with Crippen molar-refractivity contribution in [1.82, 2.24) is 14.9 Å². The van der Waals surface area contributed by atoms with Gasteiger partial charge in [-0.2, -0.15) is 0 Å². The van der Waals surface area contributed by atoms with E-state index in [0.29, 0.717) is 6.54 Å². The summed E-state index contributed by atoms with van der Waals surface area (Å²) < 4.78 is 0. The summed E-state index contributed by atoms with van der Waals surface area (Å²) in [6.07, 6.45) is 7.56. The zero-order valence-electron chi connectivity index (χ0n) is 13.3. The molecule has 0 bridgehead atoms. The van der Waals surface area contributed by atoms with E-state index >= 15 is 0 Å². The van der Waals surface area contributed by atoms with Gasteiger partial charge in [0.1, 0.15) is 11.6 Å². The number of nitrogens with one attached hydrogen (secondary N) is 1. The Kier molecular flexibility index (Phi) is 6.39. The van der Waals surface area contributed by atoms with Crippen LogP contribution >= 0.6 is 0 Å². The Balaban J connectivity index is 1.82. The van der Waals surface area contributed by atoms with Gasteiger partial charge in [-0.05, 0) is 39.3 Å². The Labute approximate surface area is 127 Å². The van der Waals surface area contributed by atoms with E-state index in [4.69, 9.17) is 0 Å². The second-order valence-electron chi connectivity index (χ2n) is 5.89. The van der Waals surface area contributed by atoms with Crippen molar-refractivity contribution in [2.45, 2.75) is 52.1 Å². The Morgan fingerprint density at radius 1 is 1.29 bits per heavy atom. The number of anilines is 1. The quantitative estimate of drug-likeness (QED) is 0.839. The van der Waals surface area contributed by atoms with E-state index in [9.17, 15) is 5.11 Å². The van der Waals surface area contributed by atoms with Gasteiger partial charge in [0, 0.05) is 24.8 Å². The SMILES string of the molecule is CCc1cnc(C)nc1NC[C@H](O)CN1CCCCCC1. The molecule has 2 N–H and O–H groups in total. The molecule has 5 heteroatoms. The van der Waals surface area contributed by atoms with Crippen molar-refractivity contribution in [3.8, 4) is 0 Å². The van der Waals surface area contributed by atoms with E-state index < -0.39 is 0 Å². The molecule has 1 aliphatic heterocycles. The minimum absolute atomic E-state index is 0.358. The highest BCUT2D eigenvalue weighted by Crippen LogP contribution is 2.13. The molecule has 2 heterocycles. The smallest absolute Gasteiger partial charge is 0.132 e. The van der Waals surface area contributed by atoms with Crippen LogP contribution < -0.4 is 5.32 Å². The lowest BCUT2D eigenvalue weighted by Gasteiger charge is -2.23. The molecule has 1 atom stereocenters. The van der Waals surface area contributed by atoms with Gasteiger partial charge in [-0.1, -0.05) is 19.8 Å². The first-order valence-corrected chi connectivity index (χ1v) is 8.16. The summed E-state index contributed by atoms with van der Waals surface area (Å²) in [6.45, 7) is 7.50. The summed E-state index contributed by atoms with van der Waals surface area (Å²) in [7, 11) is 0. The van der Waals surface area contributed by atoms with E-state index in [0.717, 1.165) is 43.3 Å². The normalized spacial score (nSPS) is 18.2. The van der Waals surface area contributed by atoms with Gasteiger partial charge in [-0.3, -0.25) is 0 Å². The van der Waals surface area contributed by atoms with Crippen molar-refractivity contribution in [2.24, 2.45) is 0 Å². The molecule has 0 aliphatic carbocycles. The van der Waals surface area contributed by atoms with E-state index in [-0.39, 0.29) is 6.10 Å². The average molecular weight is 292 g/mol. The van der Waals surface area contributed by atoms with E-state index in [1.54, 1.807) is 0 Å². The fourth-order valence-corrected chi connectivity index (χ4v) is 2.80. The molecule has 0 unspecified atom stereocenters. The summed E-state index contributed by atoms with van der Waals surface area (Å²) >= 11 is 0. The van der Waals surface area contributed by atoms with Crippen molar-refractivity contribution in [3.63, 3.8) is 0 Å². The Morgan fingerprint density at radius 3 is 2.67 bits per heavy atom. The van der Waals surface area contributed by atoms with Gasteiger partial charge in [-0.25, -0.2) is 9.97 Å². The van der Waals surface area contributed by atoms with Crippen molar-refractivity contribution in [2.75, 3.05) is 31.5 Å². The molecule has 5 nitrogen and oxygen atoms in total. The first-order valence-electron chi connectivity index (χ1n) is 8.16. The van der Waals surface area contributed by atoms with Gasteiger partial charge < -0.3 is 15.3 Å². The Bertz CT molecular complexity index is 430. The van der Waals surface area contributed by atoms with Crippen LogP contribution in [-0.4, -0.2) is 52.3 Å². The lowest BCUT2D eigenvalue weighted by Crippen LogP contribution is -2.36. The molecule has 21 heavy (non-hydrogen) atoms. The minimum atomic E-state index is -0.358. The molecule has 1 saturated heterocycles. The van der Waals surface area contributed by atoms with E-state index in [1.807, 2.05) is 13.1 Å². The Hall–Kier alpha value is -1.20. The summed E-state index contributed by atoms with van der Waals surface area (Å²) in [6, 6.07) is 0. The predicted octanol–water partition coefficient (Wildman–Crippen LogP) is 2.00.